The third-order valence-corrected chi connectivity index (χ3v) is 4.77. The number of piperidine rings is 1. The first kappa shape index (κ1) is 22.5. The Bertz CT molecular complexity index is 722. The molecule has 0 atom stereocenters. The van der Waals surface area contributed by atoms with Crippen LogP contribution in [0, 0.1) is 5.92 Å². The Kier molecular flexibility index (Phi) is 7.87. The normalized spacial score (nSPS) is 14.8. The van der Waals surface area contributed by atoms with E-state index in [1.807, 2.05) is 39.0 Å². The van der Waals surface area contributed by atoms with E-state index in [0.717, 1.165) is 18.4 Å². The molecule has 0 saturated carbocycles. The summed E-state index contributed by atoms with van der Waals surface area (Å²) in [5, 5.41) is 8.27. The third kappa shape index (κ3) is 7.29. The minimum Gasteiger partial charge on any atom is -0.496 e. The highest BCUT2D eigenvalue weighted by Gasteiger charge is 2.26. The van der Waals surface area contributed by atoms with E-state index in [4.69, 9.17) is 4.74 Å². The van der Waals surface area contributed by atoms with Gasteiger partial charge in [0.15, 0.2) is 0 Å². The predicted octanol–water partition coefficient (Wildman–Crippen LogP) is 1.65. The van der Waals surface area contributed by atoms with E-state index in [-0.39, 0.29) is 24.0 Å². The van der Waals surface area contributed by atoms with Crippen molar-refractivity contribution in [3.8, 4) is 5.75 Å². The number of rotatable bonds is 5. The molecule has 29 heavy (non-hydrogen) atoms. The van der Waals surface area contributed by atoms with Crippen LogP contribution in [0.25, 0.3) is 0 Å². The van der Waals surface area contributed by atoms with Crippen molar-refractivity contribution in [2.45, 2.75) is 45.7 Å². The molecule has 1 aromatic rings. The number of carbonyl (C=O) groups is 3. The molecule has 0 unspecified atom stereocenters. The SMILES string of the molecule is COc1ccccc1CNC(=O)C(=O)NCC1CCN(C(=O)NC(C)(C)C)CC1. The first-order valence-corrected chi connectivity index (χ1v) is 9.94. The smallest absolute Gasteiger partial charge is 0.317 e. The molecule has 0 bridgehead atoms. The van der Waals surface area contributed by atoms with E-state index < -0.39 is 11.8 Å². The summed E-state index contributed by atoms with van der Waals surface area (Å²) >= 11 is 0. The highest BCUT2D eigenvalue weighted by molar-refractivity contribution is 6.35. The van der Waals surface area contributed by atoms with Crippen LogP contribution in [0.2, 0.25) is 0 Å². The van der Waals surface area contributed by atoms with E-state index in [1.165, 1.54) is 0 Å². The number of amides is 4. The van der Waals surface area contributed by atoms with E-state index in [9.17, 15) is 14.4 Å². The van der Waals surface area contributed by atoms with Crippen molar-refractivity contribution in [1.29, 1.82) is 0 Å². The van der Waals surface area contributed by atoms with Crippen LogP contribution in [0.1, 0.15) is 39.2 Å². The van der Waals surface area contributed by atoms with Crippen molar-refractivity contribution in [3.05, 3.63) is 29.8 Å². The fourth-order valence-electron chi connectivity index (χ4n) is 3.16. The van der Waals surface area contributed by atoms with Gasteiger partial charge in [0.1, 0.15) is 5.75 Å². The zero-order valence-electron chi connectivity index (χ0n) is 17.7. The van der Waals surface area contributed by atoms with E-state index in [0.29, 0.717) is 25.4 Å². The summed E-state index contributed by atoms with van der Waals surface area (Å²) in [6.45, 7) is 7.78. The summed E-state index contributed by atoms with van der Waals surface area (Å²) in [6.07, 6.45) is 1.58. The second-order valence-corrected chi connectivity index (χ2v) is 8.32. The number of hydrogen-bond donors (Lipinski definition) is 3. The molecule has 1 aromatic carbocycles. The highest BCUT2D eigenvalue weighted by atomic mass is 16.5. The quantitative estimate of drug-likeness (QED) is 0.650. The monoisotopic (exact) mass is 404 g/mol. The molecule has 8 nitrogen and oxygen atoms in total. The third-order valence-electron chi connectivity index (χ3n) is 4.77. The van der Waals surface area contributed by atoms with Gasteiger partial charge in [-0.3, -0.25) is 9.59 Å². The Morgan fingerprint density at radius 1 is 1.07 bits per heavy atom. The van der Waals surface area contributed by atoms with Crippen molar-refractivity contribution in [2.24, 2.45) is 5.92 Å². The lowest BCUT2D eigenvalue weighted by molar-refractivity contribution is -0.139. The molecule has 1 aliphatic rings. The molecule has 1 fully saturated rings. The molecule has 1 heterocycles. The average molecular weight is 405 g/mol. The lowest BCUT2D eigenvalue weighted by atomic mass is 9.97. The second kappa shape index (κ2) is 10.1. The molecule has 0 spiro atoms. The second-order valence-electron chi connectivity index (χ2n) is 8.32. The predicted molar refractivity (Wildman–Crippen MR) is 110 cm³/mol. The van der Waals surface area contributed by atoms with Crippen molar-refractivity contribution in [1.82, 2.24) is 20.9 Å². The standard InChI is InChI=1S/C21H32N4O4/c1-21(2,3)24-20(28)25-11-9-15(10-12-25)13-22-18(26)19(27)23-14-16-7-5-6-8-17(16)29-4/h5-8,15H,9-14H2,1-4H3,(H,22,26)(H,23,27)(H,24,28). The average Bonchev–Trinajstić information content (AvgIpc) is 2.69. The maximum absolute atomic E-state index is 12.2. The number of urea groups is 1. The van der Waals surface area contributed by atoms with Crippen LogP contribution in [-0.4, -0.2) is 55.0 Å². The molecular formula is C21H32N4O4. The van der Waals surface area contributed by atoms with Gasteiger partial charge in [0, 0.05) is 37.3 Å². The number of nitrogens with zero attached hydrogens (tertiary/aromatic N) is 1. The van der Waals surface area contributed by atoms with Crippen LogP contribution in [0.4, 0.5) is 4.79 Å². The summed E-state index contributed by atoms with van der Waals surface area (Å²) in [4.78, 5) is 38.1. The Labute approximate surface area is 172 Å². The summed E-state index contributed by atoms with van der Waals surface area (Å²) in [7, 11) is 1.56. The summed E-state index contributed by atoms with van der Waals surface area (Å²) in [5.74, 6) is -0.402. The number of hydrogen-bond acceptors (Lipinski definition) is 4. The van der Waals surface area contributed by atoms with Gasteiger partial charge in [-0.15, -0.1) is 0 Å². The molecule has 0 radical (unpaired) electrons. The van der Waals surface area contributed by atoms with Gasteiger partial charge >= 0.3 is 17.8 Å². The van der Waals surface area contributed by atoms with Crippen LogP contribution in [0.3, 0.4) is 0 Å². The first-order valence-electron chi connectivity index (χ1n) is 9.94. The zero-order valence-corrected chi connectivity index (χ0v) is 17.7. The fraction of sp³-hybridized carbons (Fsp3) is 0.571. The van der Waals surface area contributed by atoms with Gasteiger partial charge in [-0.2, -0.15) is 0 Å². The fourth-order valence-corrected chi connectivity index (χ4v) is 3.16. The topological polar surface area (TPSA) is 99.8 Å². The summed E-state index contributed by atoms with van der Waals surface area (Å²) < 4.78 is 5.23. The molecule has 4 amide bonds. The van der Waals surface area contributed by atoms with E-state index >= 15 is 0 Å². The Balaban J connectivity index is 1.70. The van der Waals surface area contributed by atoms with E-state index in [1.54, 1.807) is 18.1 Å². The van der Waals surface area contributed by atoms with Gasteiger partial charge in [-0.05, 0) is 45.6 Å². The van der Waals surface area contributed by atoms with Crippen LogP contribution in [0.5, 0.6) is 5.75 Å². The molecule has 1 saturated heterocycles. The number of para-hydroxylation sites is 1. The summed E-state index contributed by atoms with van der Waals surface area (Å²) in [6, 6.07) is 7.26. The van der Waals surface area contributed by atoms with Crippen LogP contribution < -0.4 is 20.7 Å². The molecule has 160 valence electrons. The minimum atomic E-state index is -0.669. The Morgan fingerprint density at radius 3 is 2.31 bits per heavy atom. The number of ether oxygens (including phenoxy) is 1. The van der Waals surface area contributed by atoms with Gasteiger partial charge < -0.3 is 25.6 Å². The van der Waals surface area contributed by atoms with Crippen molar-refractivity contribution in [2.75, 3.05) is 26.7 Å². The van der Waals surface area contributed by atoms with Crippen LogP contribution in [-0.2, 0) is 16.1 Å². The van der Waals surface area contributed by atoms with Crippen molar-refractivity contribution >= 4 is 17.8 Å². The van der Waals surface area contributed by atoms with E-state index in [2.05, 4.69) is 16.0 Å². The first-order chi connectivity index (χ1) is 13.7. The highest BCUT2D eigenvalue weighted by Crippen LogP contribution is 2.18. The van der Waals surface area contributed by atoms with Crippen LogP contribution >= 0.6 is 0 Å². The molecule has 1 aliphatic heterocycles. The van der Waals surface area contributed by atoms with Gasteiger partial charge in [0.05, 0.1) is 7.11 Å². The molecule has 2 rings (SSSR count). The maximum atomic E-state index is 12.2. The lowest BCUT2D eigenvalue weighted by Crippen LogP contribution is -2.51. The molecule has 8 heteroatoms. The molecular weight excluding hydrogens is 372 g/mol. The Hall–Kier alpha value is -2.77. The number of benzene rings is 1. The zero-order chi connectivity index (χ0) is 21.4. The van der Waals surface area contributed by atoms with Crippen LogP contribution in [0.15, 0.2) is 24.3 Å². The van der Waals surface area contributed by atoms with Gasteiger partial charge in [-0.1, -0.05) is 18.2 Å². The van der Waals surface area contributed by atoms with Gasteiger partial charge in [0.25, 0.3) is 0 Å². The lowest BCUT2D eigenvalue weighted by Gasteiger charge is -2.34. The molecule has 0 aromatic heterocycles. The minimum absolute atomic E-state index is 0.0595. The van der Waals surface area contributed by atoms with Gasteiger partial charge in [0.2, 0.25) is 0 Å². The number of nitrogens with one attached hydrogen (secondary N) is 3. The number of likely N-dealkylation sites (tertiary alicyclic amines) is 1. The largest absolute Gasteiger partial charge is 0.496 e. The van der Waals surface area contributed by atoms with Crippen molar-refractivity contribution in [3.63, 3.8) is 0 Å². The maximum Gasteiger partial charge on any atom is 0.317 e. The number of carbonyl (C=O) groups excluding carboxylic acids is 3. The molecule has 3 N–H and O–H groups in total. The van der Waals surface area contributed by atoms with Gasteiger partial charge in [-0.25, -0.2) is 4.79 Å². The summed E-state index contributed by atoms with van der Waals surface area (Å²) in [5.41, 5.74) is 0.538. The molecule has 0 aliphatic carbocycles. The van der Waals surface area contributed by atoms with Crippen molar-refractivity contribution < 1.29 is 19.1 Å². The Morgan fingerprint density at radius 2 is 1.69 bits per heavy atom. The number of methoxy groups -OCH3 is 1.